The van der Waals surface area contributed by atoms with Gasteiger partial charge in [0.2, 0.25) is 0 Å². The molecular weight excluding hydrogens is 288 g/mol. The van der Waals surface area contributed by atoms with Crippen molar-refractivity contribution in [1.29, 1.82) is 0 Å². The van der Waals surface area contributed by atoms with E-state index in [-0.39, 0.29) is 0 Å². The third kappa shape index (κ3) is 2.65. The smallest absolute Gasteiger partial charge is 0.140 e. The van der Waals surface area contributed by atoms with Crippen LogP contribution in [-0.2, 0) is 6.54 Å². The Hall–Kier alpha value is -2.82. The van der Waals surface area contributed by atoms with Crippen molar-refractivity contribution in [2.24, 2.45) is 0 Å². The van der Waals surface area contributed by atoms with Gasteiger partial charge in [0.25, 0.3) is 0 Å². The van der Waals surface area contributed by atoms with Gasteiger partial charge >= 0.3 is 0 Å². The average molecular weight is 306 g/mol. The number of fused-ring (bicyclic) bond motifs is 1. The zero-order valence-corrected chi connectivity index (χ0v) is 13.0. The van der Waals surface area contributed by atoms with Gasteiger partial charge in [0.15, 0.2) is 0 Å². The minimum Gasteiger partial charge on any atom is -0.464 e. The van der Waals surface area contributed by atoms with Crippen LogP contribution in [0.5, 0.6) is 0 Å². The first-order chi connectivity index (χ1) is 11.3. The summed E-state index contributed by atoms with van der Waals surface area (Å²) >= 11 is 0. The summed E-state index contributed by atoms with van der Waals surface area (Å²) < 4.78 is 9.60. The molecule has 3 aromatic heterocycles. The molecule has 1 aromatic carbocycles. The third-order valence-corrected chi connectivity index (χ3v) is 4.19. The molecule has 3 heterocycles. The molecule has 0 N–H and O–H groups in total. The van der Waals surface area contributed by atoms with E-state index in [0.29, 0.717) is 6.04 Å². The molecule has 0 saturated carbocycles. The van der Waals surface area contributed by atoms with Crippen molar-refractivity contribution in [2.45, 2.75) is 25.9 Å². The second-order valence-electron chi connectivity index (χ2n) is 5.74. The molecule has 0 unspecified atom stereocenters. The summed E-state index contributed by atoms with van der Waals surface area (Å²) in [4.78, 5) is 4.55. The highest BCUT2D eigenvalue weighted by molar-refractivity contribution is 5.82. The van der Waals surface area contributed by atoms with Crippen molar-refractivity contribution in [2.75, 3.05) is 0 Å². The molecular formula is C18H18N4O. The molecule has 0 aliphatic carbocycles. The van der Waals surface area contributed by atoms with Gasteiger partial charge in [-0.05, 0) is 43.7 Å². The molecule has 4 aromatic rings. The molecule has 5 heteroatoms. The summed E-state index contributed by atoms with van der Waals surface area (Å²) in [6, 6.07) is 10.5. The van der Waals surface area contributed by atoms with Crippen molar-refractivity contribution >= 4 is 11.0 Å². The minimum atomic E-state index is 0.344. The second-order valence-corrected chi connectivity index (χ2v) is 5.74. The number of nitrogens with zero attached hydrogens (tertiary/aromatic N) is 4. The van der Waals surface area contributed by atoms with Crippen LogP contribution in [0.3, 0.4) is 0 Å². The number of aromatic nitrogens is 4. The van der Waals surface area contributed by atoms with E-state index in [1.807, 2.05) is 47.7 Å². The van der Waals surface area contributed by atoms with E-state index in [2.05, 4.69) is 33.7 Å². The SMILES string of the molecule is C[C@@H](CCn1cccn1)n1ccnc1-c1ccc2occc2c1. The monoisotopic (exact) mass is 306 g/mol. The number of imidazole rings is 1. The van der Waals surface area contributed by atoms with E-state index < -0.39 is 0 Å². The van der Waals surface area contributed by atoms with Gasteiger partial charge in [-0.3, -0.25) is 4.68 Å². The Labute approximate surface area is 134 Å². The maximum atomic E-state index is 5.41. The lowest BCUT2D eigenvalue weighted by atomic mass is 10.1. The van der Waals surface area contributed by atoms with E-state index in [0.717, 1.165) is 35.3 Å². The number of hydrogen-bond acceptors (Lipinski definition) is 3. The lowest BCUT2D eigenvalue weighted by Crippen LogP contribution is -2.10. The summed E-state index contributed by atoms with van der Waals surface area (Å²) in [5, 5.41) is 5.36. The van der Waals surface area contributed by atoms with Gasteiger partial charge in [-0.15, -0.1) is 0 Å². The largest absolute Gasteiger partial charge is 0.464 e. The Morgan fingerprint density at radius 3 is 3.00 bits per heavy atom. The third-order valence-electron chi connectivity index (χ3n) is 4.19. The van der Waals surface area contributed by atoms with Crippen LogP contribution in [0.1, 0.15) is 19.4 Å². The molecule has 5 nitrogen and oxygen atoms in total. The molecule has 0 saturated heterocycles. The van der Waals surface area contributed by atoms with E-state index in [1.54, 1.807) is 6.26 Å². The molecule has 0 spiro atoms. The molecule has 0 radical (unpaired) electrons. The van der Waals surface area contributed by atoms with Crippen LogP contribution in [0.25, 0.3) is 22.4 Å². The molecule has 4 rings (SSSR count). The van der Waals surface area contributed by atoms with Crippen LogP contribution in [0.2, 0.25) is 0 Å². The fraction of sp³-hybridized carbons (Fsp3) is 0.222. The van der Waals surface area contributed by atoms with Crippen LogP contribution in [0.4, 0.5) is 0 Å². The Morgan fingerprint density at radius 2 is 2.13 bits per heavy atom. The molecule has 0 fully saturated rings. The summed E-state index contributed by atoms with van der Waals surface area (Å²) in [6.45, 7) is 3.11. The lowest BCUT2D eigenvalue weighted by molar-refractivity contribution is 0.449. The predicted octanol–water partition coefficient (Wildman–Crippen LogP) is 4.14. The molecule has 0 bridgehead atoms. The molecule has 1 atom stereocenters. The quantitative estimate of drug-likeness (QED) is 0.556. The van der Waals surface area contributed by atoms with E-state index in [1.165, 1.54) is 0 Å². The van der Waals surface area contributed by atoms with Crippen molar-refractivity contribution in [1.82, 2.24) is 19.3 Å². The number of rotatable bonds is 5. The molecule has 116 valence electrons. The van der Waals surface area contributed by atoms with Gasteiger partial charge in [-0.25, -0.2) is 4.98 Å². The molecule has 0 amide bonds. The maximum Gasteiger partial charge on any atom is 0.140 e. The predicted molar refractivity (Wildman–Crippen MR) is 89.0 cm³/mol. The Kier molecular flexibility index (Phi) is 3.46. The number of hydrogen-bond donors (Lipinski definition) is 0. The highest BCUT2D eigenvalue weighted by Crippen LogP contribution is 2.26. The topological polar surface area (TPSA) is 48.8 Å². The molecule has 0 aliphatic heterocycles. The van der Waals surface area contributed by atoms with Gasteiger partial charge in [0, 0.05) is 48.3 Å². The zero-order valence-electron chi connectivity index (χ0n) is 13.0. The fourth-order valence-electron chi connectivity index (χ4n) is 2.89. The first-order valence-electron chi connectivity index (χ1n) is 7.79. The molecule has 23 heavy (non-hydrogen) atoms. The van der Waals surface area contributed by atoms with Gasteiger partial charge in [-0.2, -0.15) is 5.10 Å². The van der Waals surface area contributed by atoms with Crippen LogP contribution in [0, 0.1) is 0 Å². The van der Waals surface area contributed by atoms with Crippen LogP contribution in [-0.4, -0.2) is 19.3 Å². The number of furan rings is 1. The average Bonchev–Trinajstić information content (AvgIpc) is 3.32. The Morgan fingerprint density at radius 1 is 1.17 bits per heavy atom. The molecule has 0 aliphatic rings. The van der Waals surface area contributed by atoms with E-state index in [4.69, 9.17) is 4.42 Å². The summed E-state index contributed by atoms with van der Waals surface area (Å²) in [5.41, 5.74) is 2.01. The van der Waals surface area contributed by atoms with Crippen molar-refractivity contribution < 1.29 is 4.42 Å². The Balaban J connectivity index is 1.59. The second kappa shape index (κ2) is 5.76. The fourth-order valence-corrected chi connectivity index (χ4v) is 2.89. The van der Waals surface area contributed by atoms with Gasteiger partial charge < -0.3 is 8.98 Å². The number of benzene rings is 1. The minimum absolute atomic E-state index is 0.344. The summed E-state index contributed by atoms with van der Waals surface area (Å²) in [6.07, 6.45) is 10.4. The number of aryl methyl sites for hydroxylation is 1. The van der Waals surface area contributed by atoms with Crippen LogP contribution < -0.4 is 0 Å². The van der Waals surface area contributed by atoms with Gasteiger partial charge in [-0.1, -0.05) is 0 Å². The normalized spacial score (nSPS) is 12.7. The van der Waals surface area contributed by atoms with Gasteiger partial charge in [0.1, 0.15) is 11.4 Å². The lowest BCUT2D eigenvalue weighted by Gasteiger charge is -2.16. The van der Waals surface area contributed by atoms with E-state index in [9.17, 15) is 0 Å². The van der Waals surface area contributed by atoms with Crippen molar-refractivity contribution in [3.63, 3.8) is 0 Å². The Bertz CT molecular complexity index is 904. The highest BCUT2D eigenvalue weighted by Gasteiger charge is 2.13. The maximum absolute atomic E-state index is 5.41. The first kappa shape index (κ1) is 13.8. The van der Waals surface area contributed by atoms with Crippen LogP contribution in [0.15, 0.2) is 65.8 Å². The summed E-state index contributed by atoms with van der Waals surface area (Å²) in [5.74, 6) is 0.987. The van der Waals surface area contributed by atoms with Crippen molar-refractivity contribution in [3.05, 3.63) is 61.4 Å². The van der Waals surface area contributed by atoms with Crippen molar-refractivity contribution in [3.8, 4) is 11.4 Å². The standard InChI is InChI=1S/C18H18N4O/c1-14(5-10-21-9-2-7-20-21)22-11-8-19-18(22)16-3-4-17-15(13-16)6-12-23-17/h2-4,6-9,11-14H,5,10H2,1H3/t14-/m0/s1. The first-order valence-corrected chi connectivity index (χ1v) is 7.79. The zero-order chi connectivity index (χ0) is 15.6. The van der Waals surface area contributed by atoms with Crippen LogP contribution >= 0.6 is 0 Å². The highest BCUT2D eigenvalue weighted by atomic mass is 16.3. The van der Waals surface area contributed by atoms with Gasteiger partial charge in [0.05, 0.1) is 6.26 Å². The summed E-state index contributed by atoms with van der Waals surface area (Å²) in [7, 11) is 0. The van der Waals surface area contributed by atoms with E-state index >= 15 is 0 Å².